The van der Waals surface area contributed by atoms with E-state index in [-0.39, 0.29) is 11.7 Å². The quantitative estimate of drug-likeness (QED) is 0.591. The molecule has 1 nitrogen and oxygen atoms in total. The van der Waals surface area contributed by atoms with E-state index in [4.69, 9.17) is 0 Å². The van der Waals surface area contributed by atoms with Gasteiger partial charge in [-0.2, -0.15) is 0 Å². The normalized spacial score (nSPS) is 15.7. The summed E-state index contributed by atoms with van der Waals surface area (Å²) in [5, 5.41) is 0. The first-order valence-electron chi connectivity index (χ1n) is 8.21. The zero-order chi connectivity index (χ0) is 16.5. The minimum absolute atomic E-state index is 0.00880. The lowest BCUT2D eigenvalue weighted by Crippen LogP contribution is -2.10. The van der Waals surface area contributed by atoms with Gasteiger partial charge < -0.3 is 0 Å². The number of aryl methyl sites for hydroxylation is 1. The van der Waals surface area contributed by atoms with Crippen molar-refractivity contribution in [2.75, 3.05) is 0 Å². The molecule has 0 aliphatic heterocycles. The Morgan fingerprint density at radius 3 is 2.21 bits per heavy atom. The summed E-state index contributed by atoms with van der Waals surface area (Å²) in [7, 11) is 0. The standard InChI is InChI=1S/C23H18O/c1-16-11-13-17(14-12-16)22-20-10-6-5-9-19(20)15-21(22)23(24)18-7-3-2-4-8-18/h2-15,22H,1H3. The van der Waals surface area contributed by atoms with Crippen LogP contribution in [0.4, 0.5) is 0 Å². The maximum atomic E-state index is 13.1. The van der Waals surface area contributed by atoms with Crippen molar-refractivity contribution in [2.24, 2.45) is 0 Å². The van der Waals surface area contributed by atoms with Gasteiger partial charge in [0.25, 0.3) is 0 Å². The molecule has 0 aromatic heterocycles. The Morgan fingerprint density at radius 2 is 1.46 bits per heavy atom. The lowest BCUT2D eigenvalue weighted by molar-refractivity contribution is 0.103. The van der Waals surface area contributed by atoms with Crippen molar-refractivity contribution in [3.05, 3.63) is 112 Å². The monoisotopic (exact) mass is 310 g/mol. The van der Waals surface area contributed by atoms with E-state index in [9.17, 15) is 4.79 Å². The van der Waals surface area contributed by atoms with Crippen molar-refractivity contribution >= 4 is 11.9 Å². The number of carbonyl (C=O) groups excluding carboxylic acids is 1. The fraction of sp³-hybridized carbons (Fsp3) is 0.0870. The van der Waals surface area contributed by atoms with E-state index >= 15 is 0 Å². The molecule has 1 heteroatoms. The van der Waals surface area contributed by atoms with Crippen LogP contribution in [0.3, 0.4) is 0 Å². The molecule has 0 bridgehead atoms. The molecule has 0 saturated heterocycles. The number of ketones is 1. The van der Waals surface area contributed by atoms with Crippen molar-refractivity contribution in [2.45, 2.75) is 12.8 Å². The van der Waals surface area contributed by atoms with Gasteiger partial charge in [0.2, 0.25) is 0 Å². The SMILES string of the molecule is Cc1ccc(C2C(C(=O)c3ccccc3)=Cc3ccccc32)cc1. The molecular weight excluding hydrogens is 292 g/mol. The predicted octanol–water partition coefficient (Wildman–Crippen LogP) is 5.41. The summed E-state index contributed by atoms with van der Waals surface area (Å²) in [6.45, 7) is 2.08. The summed E-state index contributed by atoms with van der Waals surface area (Å²) >= 11 is 0. The number of benzene rings is 3. The average Bonchev–Trinajstić information content (AvgIpc) is 3.02. The minimum atomic E-state index is 0.00880. The molecule has 1 aliphatic carbocycles. The summed E-state index contributed by atoms with van der Waals surface area (Å²) in [5.41, 5.74) is 6.34. The van der Waals surface area contributed by atoms with E-state index in [0.717, 1.165) is 16.7 Å². The van der Waals surface area contributed by atoms with Crippen LogP contribution in [0.15, 0.2) is 84.4 Å². The molecule has 24 heavy (non-hydrogen) atoms. The predicted molar refractivity (Wildman–Crippen MR) is 98.2 cm³/mol. The Balaban J connectivity index is 1.83. The van der Waals surface area contributed by atoms with E-state index in [2.05, 4.69) is 49.4 Å². The number of fused-ring (bicyclic) bond motifs is 1. The molecule has 0 amide bonds. The van der Waals surface area contributed by atoms with E-state index in [1.165, 1.54) is 16.7 Å². The van der Waals surface area contributed by atoms with Gasteiger partial charge in [0, 0.05) is 17.1 Å². The van der Waals surface area contributed by atoms with Crippen LogP contribution in [0, 0.1) is 6.92 Å². The van der Waals surface area contributed by atoms with Gasteiger partial charge in [-0.3, -0.25) is 4.79 Å². The van der Waals surface area contributed by atoms with Crippen molar-refractivity contribution in [3.63, 3.8) is 0 Å². The number of hydrogen-bond donors (Lipinski definition) is 0. The third kappa shape index (κ3) is 2.48. The van der Waals surface area contributed by atoms with Gasteiger partial charge >= 0.3 is 0 Å². The fourth-order valence-corrected chi connectivity index (χ4v) is 3.39. The summed E-state index contributed by atoms with van der Waals surface area (Å²) in [4.78, 5) is 13.1. The topological polar surface area (TPSA) is 17.1 Å². The highest BCUT2D eigenvalue weighted by Crippen LogP contribution is 2.42. The van der Waals surface area contributed by atoms with Crippen LogP contribution in [0.5, 0.6) is 0 Å². The van der Waals surface area contributed by atoms with Crippen LogP contribution in [0.1, 0.15) is 38.5 Å². The lowest BCUT2D eigenvalue weighted by atomic mass is 9.85. The van der Waals surface area contributed by atoms with Crippen LogP contribution in [0.25, 0.3) is 6.08 Å². The second-order valence-corrected chi connectivity index (χ2v) is 6.27. The average molecular weight is 310 g/mol. The van der Waals surface area contributed by atoms with Gasteiger partial charge in [-0.25, -0.2) is 0 Å². The zero-order valence-corrected chi connectivity index (χ0v) is 13.6. The van der Waals surface area contributed by atoms with E-state index in [1.807, 2.05) is 42.5 Å². The van der Waals surface area contributed by atoms with Crippen molar-refractivity contribution < 1.29 is 4.79 Å². The summed E-state index contributed by atoms with van der Waals surface area (Å²) in [5.74, 6) is 0.117. The number of Topliss-reactive ketones (excluding diaryl/α,β-unsaturated/α-hetero) is 1. The highest BCUT2D eigenvalue weighted by Gasteiger charge is 2.31. The first-order chi connectivity index (χ1) is 11.7. The maximum Gasteiger partial charge on any atom is 0.189 e. The largest absolute Gasteiger partial charge is 0.289 e. The molecule has 0 saturated carbocycles. The summed E-state index contributed by atoms with van der Waals surface area (Å²) in [6.07, 6.45) is 2.05. The Bertz CT molecular complexity index is 918. The van der Waals surface area contributed by atoms with Crippen LogP contribution in [-0.4, -0.2) is 5.78 Å². The molecule has 0 fully saturated rings. The van der Waals surface area contributed by atoms with Gasteiger partial charge in [0.05, 0.1) is 0 Å². The molecule has 3 aromatic carbocycles. The fourth-order valence-electron chi connectivity index (χ4n) is 3.39. The first-order valence-corrected chi connectivity index (χ1v) is 8.21. The smallest absolute Gasteiger partial charge is 0.189 e. The van der Waals surface area contributed by atoms with Crippen LogP contribution in [0.2, 0.25) is 0 Å². The highest BCUT2D eigenvalue weighted by molar-refractivity contribution is 6.14. The Morgan fingerprint density at radius 1 is 0.792 bits per heavy atom. The molecule has 1 unspecified atom stereocenters. The molecule has 0 N–H and O–H groups in total. The first kappa shape index (κ1) is 14.6. The van der Waals surface area contributed by atoms with Crippen molar-refractivity contribution in [3.8, 4) is 0 Å². The Kier molecular flexibility index (Phi) is 3.62. The molecule has 3 aromatic rings. The Labute approximate surface area is 142 Å². The van der Waals surface area contributed by atoms with Crippen molar-refractivity contribution in [1.82, 2.24) is 0 Å². The molecule has 116 valence electrons. The summed E-state index contributed by atoms with van der Waals surface area (Å²) in [6, 6.07) is 26.3. The van der Waals surface area contributed by atoms with Crippen LogP contribution >= 0.6 is 0 Å². The molecule has 4 rings (SSSR count). The Hall–Kier alpha value is -2.93. The number of allylic oxidation sites excluding steroid dienone is 1. The molecule has 0 radical (unpaired) electrons. The molecule has 0 spiro atoms. The second-order valence-electron chi connectivity index (χ2n) is 6.27. The second kappa shape index (κ2) is 5.93. The number of rotatable bonds is 3. The molecule has 1 aliphatic rings. The zero-order valence-electron chi connectivity index (χ0n) is 13.6. The number of carbonyl (C=O) groups is 1. The molecule has 0 heterocycles. The van der Waals surface area contributed by atoms with Gasteiger partial charge in [0.1, 0.15) is 0 Å². The minimum Gasteiger partial charge on any atom is -0.289 e. The van der Waals surface area contributed by atoms with E-state index < -0.39 is 0 Å². The number of hydrogen-bond acceptors (Lipinski definition) is 1. The molecular formula is C23H18O. The summed E-state index contributed by atoms with van der Waals surface area (Å²) < 4.78 is 0. The van der Waals surface area contributed by atoms with E-state index in [0.29, 0.717) is 0 Å². The van der Waals surface area contributed by atoms with Crippen LogP contribution < -0.4 is 0 Å². The van der Waals surface area contributed by atoms with Crippen LogP contribution in [-0.2, 0) is 0 Å². The third-order valence-corrected chi connectivity index (χ3v) is 4.64. The molecule has 1 atom stereocenters. The van der Waals surface area contributed by atoms with Gasteiger partial charge in [0.15, 0.2) is 5.78 Å². The lowest BCUT2D eigenvalue weighted by Gasteiger charge is -2.17. The van der Waals surface area contributed by atoms with Crippen molar-refractivity contribution in [1.29, 1.82) is 0 Å². The van der Waals surface area contributed by atoms with Gasteiger partial charge in [-0.15, -0.1) is 0 Å². The van der Waals surface area contributed by atoms with E-state index in [1.54, 1.807) is 0 Å². The highest BCUT2D eigenvalue weighted by atomic mass is 16.1. The van der Waals surface area contributed by atoms with Gasteiger partial charge in [-0.05, 0) is 29.7 Å². The maximum absolute atomic E-state index is 13.1. The van der Waals surface area contributed by atoms with Gasteiger partial charge in [-0.1, -0.05) is 84.4 Å². The third-order valence-electron chi connectivity index (χ3n) is 4.64.